The highest BCUT2D eigenvalue weighted by Crippen LogP contribution is 2.30. The number of aliphatic hydroxyl groups excluding tert-OH is 1. The highest BCUT2D eigenvalue weighted by atomic mass is 16.6. The molecule has 1 heterocycles. The van der Waals surface area contributed by atoms with E-state index < -0.39 is 53.1 Å². The third-order valence-electron chi connectivity index (χ3n) is 6.56. The first-order chi connectivity index (χ1) is 19.2. The third kappa shape index (κ3) is 10.7. The summed E-state index contributed by atoms with van der Waals surface area (Å²) in [4.78, 5) is 52.8. The lowest BCUT2D eigenvalue weighted by Gasteiger charge is -2.37. The first-order valence-electron chi connectivity index (χ1n) is 13.7. The smallest absolute Gasteiger partial charge is 0.408 e. The maximum Gasteiger partial charge on any atom is 0.408 e. The van der Waals surface area contributed by atoms with E-state index in [0.29, 0.717) is 5.56 Å². The maximum atomic E-state index is 14.0. The maximum absolute atomic E-state index is 14.0. The highest BCUT2D eigenvalue weighted by molar-refractivity contribution is 5.92. The minimum absolute atomic E-state index is 0.0514. The molecule has 1 fully saturated rings. The average molecular weight is 574 g/mol. The minimum Gasteiger partial charge on any atom is -0.464 e. The molecule has 0 radical (unpaired) electrons. The molecule has 2 rings (SSSR count). The number of alkyl carbamates (subject to hydrolysis) is 1. The number of hydrogen-bond acceptors (Lipinski definition) is 8. The Morgan fingerprint density at radius 2 is 1.80 bits per heavy atom. The summed E-state index contributed by atoms with van der Waals surface area (Å²) in [6.07, 6.45) is 4.01. The van der Waals surface area contributed by atoms with Crippen molar-refractivity contribution in [2.75, 3.05) is 26.4 Å². The molecular weight excluding hydrogens is 530 g/mol. The van der Waals surface area contributed by atoms with Gasteiger partial charge in [0.05, 0.1) is 12.7 Å². The number of hydrogen-bond donors (Lipinski definition) is 3. The van der Waals surface area contributed by atoms with Crippen LogP contribution in [0.4, 0.5) is 4.79 Å². The molecule has 1 aliphatic heterocycles. The molecule has 1 aliphatic rings. The van der Waals surface area contributed by atoms with Crippen LogP contribution in [0.3, 0.4) is 0 Å². The Kier molecular flexibility index (Phi) is 12.2. The SMILES string of the molecule is C#Cc1ccc(CNC(=O)[C@@H]2C[C@@H](O)CN2C(=O)C(NC(=O)OC(C)(C)C)C(C)(C)CCOCC(=O)OCC)cc1. The van der Waals surface area contributed by atoms with Gasteiger partial charge < -0.3 is 34.9 Å². The minimum atomic E-state index is -1.12. The molecule has 1 saturated heterocycles. The fourth-order valence-electron chi connectivity index (χ4n) is 4.35. The molecule has 11 heteroatoms. The van der Waals surface area contributed by atoms with Gasteiger partial charge in [-0.2, -0.15) is 0 Å². The monoisotopic (exact) mass is 573 g/mol. The fraction of sp³-hybridized carbons (Fsp3) is 0.600. The number of benzene rings is 1. The molecule has 41 heavy (non-hydrogen) atoms. The van der Waals surface area contributed by atoms with Gasteiger partial charge in [0.1, 0.15) is 24.3 Å². The number of rotatable bonds is 12. The predicted octanol–water partition coefficient (Wildman–Crippen LogP) is 2.14. The number of ether oxygens (including phenoxy) is 3. The summed E-state index contributed by atoms with van der Waals surface area (Å²) in [7, 11) is 0. The van der Waals surface area contributed by atoms with E-state index in [4.69, 9.17) is 20.6 Å². The fourth-order valence-corrected chi connectivity index (χ4v) is 4.35. The molecule has 3 amide bonds. The van der Waals surface area contributed by atoms with Gasteiger partial charge in [0.25, 0.3) is 0 Å². The Labute approximate surface area is 242 Å². The lowest BCUT2D eigenvalue weighted by molar-refractivity contribution is -0.149. The Balaban J connectivity index is 2.19. The number of esters is 1. The van der Waals surface area contributed by atoms with Crippen LogP contribution >= 0.6 is 0 Å². The van der Waals surface area contributed by atoms with Crippen molar-refractivity contribution < 1.29 is 38.5 Å². The summed E-state index contributed by atoms with van der Waals surface area (Å²) in [5.41, 5.74) is -0.166. The Bertz CT molecular complexity index is 1100. The molecule has 1 aromatic carbocycles. The summed E-state index contributed by atoms with van der Waals surface area (Å²) in [6, 6.07) is 5.07. The molecule has 0 bridgehead atoms. The predicted molar refractivity (Wildman–Crippen MR) is 151 cm³/mol. The standard InChI is InChI=1S/C30H43N3O8/c1-8-20-10-12-21(13-11-20)17-31-26(36)23-16-22(34)18-33(23)27(37)25(32-28(38)41-29(3,4)5)30(6,7)14-15-39-19-24(35)40-9-2/h1,10-13,22-23,25,34H,9,14-19H2,2-7H3,(H,31,36)(H,32,38)/t22-,23+,25?/m1/s1. The number of amides is 3. The van der Waals surface area contributed by atoms with E-state index in [-0.39, 0.29) is 45.8 Å². The van der Waals surface area contributed by atoms with Crippen LogP contribution in [-0.2, 0) is 35.1 Å². The second kappa shape index (κ2) is 14.8. The van der Waals surface area contributed by atoms with Crippen molar-refractivity contribution in [1.29, 1.82) is 0 Å². The molecular formula is C30H43N3O8. The van der Waals surface area contributed by atoms with Crippen LogP contribution in [0, 0.1) is 17.8 Å². The van der Waals surface area contributed by atoms with Gasteiger partial charge in [-0.25, -0.2) is 9.59 Å². The third-order valence-corrected chi connectivity index (χ3v) is 6.56. The first-order valence-corrected chi connectivity index (χ1v) is 13.7. The zero-order chi connectivity index (χ0) is 30.8. The van der Waals surface area contributed by atoms with Crippen LogP contribution in [0.1, 0.15) is 65.5 Å². The van der Waals surface area contributed by atoms with Gasteiger partial charge in [-0.3, -0.25) is 9.59 Å². The van der Waals surface area contributed by atoms with Crippen molar-refractivity contribution in [3.05, 3.63) is 35.4 Å². The van der Waals surface area contributed by atoms with Gasteiger partial charge >= 0.3 is 12.1 Å². The van der Waals surface area contributed by atoms with Crippen molar-refractivity contribution in [1.82, 2.24) is 15.5 Å². The topological polar surface area (TPSA) is 144 Å². The van der Waals surface area contributed by atoms with Gasteiger partial charge in [-0.1, -0.05) is 31.9 Å². The van der Waals surface area contributed by atoms with E-state index in [9.17, 15) is 24.3 Å². The summed E-state index contributed by atoms with van der Waals surface area (Å²) in [5, 5.41) is 15.9. The van der Waals surface area contributed by atoms with Gasteiger partial charge in [0.2, 0.25) is 11.8 Å². The molecule has 226 valence electrons. The number of carbonyl (C=O) groups excluding carboxylic acids is 4. The van der Waals surface area contributed by atoms with E-state index >= 15 is 0 Å². The second-order valence-electron chi connectivity index (χ2n) is 11.6. The summed E-state index contributed by atoms with van der Waals surface area (Å²) < 4.78 is 15.7. The van der Waals surface area contributed by atoms with Gasteiger partial charge in [0, 0.05) is 31.7 Å². The summed E-state index contributed by atoms with van der Waals surface area (Å²) in [6.45, 7) is 10.6. The van der Waals surface area contributed by atoms with Crippen molar-refractivity contribution >= 4 is 23.9 Å². The number of β-amino-alcohol motifs (C(OH)–C–C–N with tert-alkyl or cyclic N) is 1. The number of nitrogens with zero attached hydrogens (tertiary/aromatic N) is 1. The van der Waals surface area contributed by atoms with E-state index in [2.05, 4.69) is 16.6 Å². The average Bonchev–Trinajstić information content (AvgIpc) is 3.29. The van der Waals surface area contributed by atoms with Gasteiger partial charge in [-0.05, 0) is 57.2 Å². The van der Waals surface area contributed by atoms with E-state index in [1.807, 2.05) is 0 Å². The number of aliphatic hydroxyl groups is 1. The van der Waals surface area contributed by atoms with Crippen molar-refractivity contribution in [3.8, 4) is 12.3 Å². The number of terminal acetylenes is 1. The van der Waals surface area contributed by atoms with E-state index in [1.165, 1.54) is 4.90 Å². The van der Waals surface area contributed by atoms with E-state index in [1.54, 1.807) is 65.8 Å². The molecule has 3 atom stereocenters. The van der Waals surface area contributed by atoms with Crippen LogP contribution in [0.2, 0.25) is 0 Å². The second-order valence-corrected chi connectivity index (χ2v) is 11.6. The number of carbonyl (C=O) groups is 4. The molecule has 3 N–H and O–H groups in total. The molecule has 0 aliphatic carbocycles. The molecule has 1 unspecified atom stereocenters. The molecule has 0 spiro atoms. The van der Waals surface area contributed by atoms with Crippen LogP contribution < -0.4 is 10.6 Å². The van der Waals surface area contributed by atoms with Crippen molar-refractivity contribution in [2.45, 2.75) is 84.7 Å². The molecule has 11 nitrogen and oxygen atoms in total. The zero-order valence-electron chi connectivity index (χ0n) is 24.8. The largest absolute Gasteiger partial charge is 0.464 e. The van der Waals surface area contributed by atoms with Gasteiger partial charge in [0.15, 0.2) is 0 Å². The number of nitrogens with one attached hydrogen (secondary N) is 2. The molecule has 0 aromatic heterocycles. The number of likely N-dealkylation sites (tertiary alicyclic amines) is 1. The van der Waals surface area contributed by atoms with Crippen molar-refractivity contribution in [3.63, 3.8) is 0 Å². The Morgan fingerprint density at radius 3 is 2.39 bits per heavy atom. The normalized spacial score (nSPS) is 17.8. The highest BCUT2D eigenvalue weighted by Gasteiger charge is 2.46. The quantitative estimate of drug-likeness (QED) is 0.196. The summed E-state index contributed by atoms with van der Waals surface area (Å²) >= 11 is 0. The molecule has 0 saturated carbocycles. The Hall–Kier alpha value is -3.62. The lowest BCUT2D eigenvalue weighted by Crippen LogP contribution is -2.59. The van der Waals surface area contributed by atoms with Crippen LogP contribution in [0.25, 0.3) is 0 Å². The van der Waals surface area contributed by atoms with Crippen LogP contribution in [0.15, 0.2) is 24.3 Å². The van der Waals surface area contributed by atoms with Crippen molar-refractivity contribution in [2.24, 2.45) is 5.41 Å². The van der Waals surface area contributed by atoms with E-state index in [0.717, 1.165) is 5.56 Å². The lowest BCUT2D eigenvalue weighted by atomic mass is 9.80. The first kappa shape index (κ1) is 33.6. The van der Waals surface area contributed by atoms with Gasteiger partial charge in [-0.15, -0.1) is 6.42 Å². The zero-order valence-corrected chi connectivity index (χ0v) is 24.8. The van der Waals surface area contributed by atoms with Crippen LogP contribution in [0.5, 0.6) is 0 Å². The Morgan fingerprint density at radius 1 is 1.15 bits per heavy atom. The summed E-state index contributed by atoms with van der Waals surface area (Å²) in [5.74, 6) is 1.06. The van der Waals surface area contributed by atoms with Crippen LogP contribution in [-0.4, -0.2) is 84.0 Å². The molecule has 1 aromatic rings.